The second-order valence-electron chi connectivity index (χ2n) is 14.4. The second kappa shape index (κ2) is 16.2. The summed E-state index contributed by atoms with van der Waals surface area (Å²) in [7, 11) is 0. The molecule has 0 aliphatic heterocycles. The minimum absolute atomic E-state index is 0.369. The molecule has 6 rings (SSSR count). The molecule has 0 radical (unpaired) electrons. The summed E-state index contributed by atoms with van der Waals surface area (Å²) in [6.45, 7) is 17.7. The zero-order chi connectivity index (χ0) is 36.8. The van der Waals surface area contributed by atoms with Gasteiger partial charge in [-0.3, -0.25) is 9.98 Å². The van der Waals surface area contributed by atoms with Crippen molar-refractivity contribution in [3.05, 3.63) is 143 Å². The van der Waals surface area contributed by atoms with Gasteiger partial charge in [0.15, 0.2) is 0 Å². The van der Waals surface area contributed by atoms with Crippen LogP contribution in [0.3, 0.4) is 0 Å². The van der Waals surface area contributed by atoms with Gasteiger partial charge in [-0.05, 0) is 94.5 Å². The summed E-state index contributed by atoms with van der Waals surface area (Å²) in [6, 6.07) is 36.8. The average molecular weight is 685 g/mol. The largest absolute Gasteiger partial charge is 0.254 e. The fourth-order valence-electron chi connectivity index (χ4n) is 6.36. The Bertz CT molecular complexity index is 2020. The minimum Gasteiger partial charge on any atom is -0.254 e. The van der Waals surface area contributed by atoms with Crippen molar-refractivity contribution in [1.82, 2.24) is 19.9 Å². The smallest absolute Gasteiger partial charge is 0.0894 e. The molecular weight excluding hydrogens is 637 g/mol. The first-order chi connectivity index (χ1) is 25.1. The lowest BCUT2D eigenvalue weighted by atomic mass is 9.93. The van der Waals surface area contributed by atoms with Crippen LogP contribution in [0.1, 0.15) is 113 Å². The van der Waals surface area contributed by atoms with Crippen LogP contribution < -0.4 is 0 Å². The highest BCUT2D eigenvalue weighted by Gasteiger charge is 2.15. The van der Waals surface area contributed by atoms with Gasteiger partial charge >= 0.3 is 0 Å². The van der Waals surface area contributed by atoms with Crippen LogP contribution in [0.5, 0.6) is 0 Å². The van der Waals surface area contributed by atoms with Crippen molar-refractivity contribution in [2.45, 2.75) is 79.1 Å². The lowest BCUT2D eigenvalue weighted by Crippen LogP contribution is -1.98. The molecule has 52 heavy (non-hydrogen) atoms. The number of pyridine rings is 4. The van der Waals surface area contributed by atoms with Crippen LogP contribution in [0.2, 0.25) is 0 Å². The first-order valence-corrected chi connectivity index (χ1v) is 18.3. The molecule has 6 heteroatoms. The van der Waals surface area contributed by atoms with Crippen molar-refractivity contribution in [3.8, 4) is 34.2 Å². The molecule has 2 aromatic carbocycles. The number of para-hydroxylation sites is 2. The third-order valence-electron chi connectivity index (χ3n) is 9.16. The van der Waals surface area contributed by atoms with Crippen molar-refractivity contribution >= 4 is 23.8 Å². The maximum atomic E-state index is 5.00. The van der Waals surface area contributed by atoms with E-state index in [2.05, 4.69) is 91.8 Å². The Morgan fingerprint density at radius 3 is 0.885 bits per heavy atom. The molecule has 0 aliphatic carbocycles. The van der Waals surface area contributed by atoms with Crippen LogP contribution in [0.15, 0.2) is 119 Å². The molecule has 6 nitrogen and oxygen atoms in total. The van der Waals surface area contributed by atoms with Crippen LogP contribution in [-0.2, 0) is 0 Å². The standard InChI is InChI=1S/C46H48N6/c1-29(2)35-17-11-18-36(30(3)4)45(35)47-27-33-15-9-21-39(49-33)41-23-13-25-43(51-41)44-26-14-24-42(52-44)40-22-10-16-34(50-40)28-48-46-37(31(5)6)19-12-20-38(46)32(7)8/h9-32H,1-8H3. The Morgan fingerprint density at radius 1 is 0.346 bits per heavy atom. The molecule has 0 N–H and O–H groups in total. The molecule has 0 saturated heterocycles. The highest BCUT2D eigenvalue weighted by Crippen LogP contribution is 2.36. The van der Waals surface area contributed by atoms with Gasteiger partial charge in [-0.1, -0.05) is 116 Å². The summed E-state index contributed by atoms with van der Waals surface area (Å²) in [5.41, 5.74) is 13.2. The van der Waals surface area contributed by atoms with Crippen molar-refractivity contribution in [2.24, 2.45) is 9.98 Å². The fourth-order valence-corrected chi connectivity index (χ4v) is 6.36. The van der Waals surface area contributed by atoms with E-state index in [1.807, 2.05) is 85.2 Å². The van der Waals surface area contributed by atoms with Gasteiger partial charge in [-0.2, -0.15) is 0 Å². The van der Waals surface area contributed by atoms with Gasteiger partial charge < -0.3 is 0 Å². The number of rotatable bonds is 11. The molecule has 4 heterocycles. The maximum absolute atomic E-state index is 5.00. The highest BCUT2D eigenvalue weighted by atomic mass is 14.9. The Kier molecular flexibility index (Phi) is 11.2. The fraction of sp³-hybridized carbons (Fsp3) is 0.261. The first kappa shape index (κ1) is 36.2. The van der Waals surface area contributed by atoms with Crippen molar-refractivity contribution < 1.29 is 0 Å². The number of benzene rings is 2. The van der Waals surface area contributed by atoms with E-state index < -0.39 is 0 Å². The average Bonchev–Trinajstić information content (AvgIpc) is 3.16. The zero-order valence-electron chi connectivity index (χ0n) is 31.5. The van der Waals surface area contributed by atoms with Crippen molar-refractivity contribution in [2.75, 3.05) is 0 Å². The number of nitrogens with zero attached hydrogens (tertiary/aromatic N) is 6. The van der Waals surface area contributed by atoms with E-state index in [4.69, 9.17) is 29.9 Å². The summed E-state index contributed by atoms with van der Waals surface area (Å²) >= 11 is 0. The van der Waals surface area contributed by atoms with E-state index >= 15 is 0 Å². The highest BCUT2D eigenvalue weighted by molar-refractivity contribution is 5.83. The molecule has 0 unspecified atom stereocenters. The number of aromatic nitrogens is 4. The minimum atomic E-state index is 0.369. The van der Waals surface area contributed by atoms with E-state index in [0.29, 0.717) is 23.7 Å². The Morgan fingerprint density at radius 2 is 0.596 bits per heavy atom. The predicted octanol–water partition coefficient (Wildman–Crippen LogP) is 12.3. The van der Waals surface area contributed by atoms with Crippen LogP contribution in [0.25, 0.3) is 34.2 Å². The van der Waals surface area contributed by atoms with Gasteiger partial charge in [0.25, 0.3) is 0 Å². The molecule has 262 valence electrons. The van der Waals surface area contributed by atoms with Crippen molar-refractivity contribution in [3.63, 3.8) is 0 Å². The van der Waals surface area contributed by atoms with Gasteiger partial charge in [0.1, 0.15) is 0 Å². The summed E-state index contributed by atoms with van der Waals surface area (Å²) in [5, 5.41) is 0. The molecule has 0 aliphatic rings. The normalized spacial score (nSPS) is 12.0. The molecule has 0 amide bonds. The van der Waals surface area contributed by atoms with Crippen LogP contribution >= 0.6 is 0 Å². The van der Waals surface area contributed by atoms with Crippen LogP contribution in [-0.4, -0.2) is 32.4 Å². The molecular formula is C46H48N6. The second-order valence-corrected chi connectivity index (χ2v) is 14.4. The molecule has 0 atom stereocenters. The summed E-state index contributed by atoms with van der Waals surface area (Å²) < 4.78 is 0. The van der Waals surface area contributed by atoms with E-state index in [-0.39, 0.29) is 0 Å². The zero-order valence-corrected chi connectivity index (χ0v) is 31.5. The van der Waals surface area contributed by atoms with Gasteiger partial charge in [-0.15, -0.1) is 0 Å². The molecule has 4 aromatic heterocycles. The van der Waals surface area contributed by atoms with E-state index in [1.54, 1.807) is 0 Å². The Hall–Kier alpha value is -5.62. The number of hydrogen-bond donors (Lipinski definition) is 0. The van der Waals surface area contributed by atoms with Gasteiger partial charge in [0, 0.05) is 0 Å². The predicted molar refractivity (Wildman–Crippen MR) is 218 cm³/mol. The van der Waals surface area contributed by atoms with E-state index in [1.165, 1.54) is 22.3 Å². The lowest BCUT2D eigenvalue weighted by molar-refractivity contribution is 0.834. The number of hydrogen-bond acceptors (Lipinski definition) is 6. The SMILES string of the molecule is CC(C)c1cccc(C(C)C)c1N=Cc1cccc(-c2cccc(-c3cccc(-c4cccc(C=Nc5c(C(C)C)cccc5C(C)C)n4)n3)n2)n1. The third kappa shape index (κ3) is 8.29. The van der Waals surface area contributed by atoms with Gasteiger partial charge in [0.05, 0.1) is 69.4 Å². The van der Waals surface area contributed by atoms with Gasteiger partial charge in [-0.25, -0.2) is 19.9 Å². The van der Waals surface area contributed by atoms with E-state index in [0.717, 1.165) is 56.9 Å². The molecule has 0 fully saturated rings. The molecule has 0 saturated carbocycles. The Labute approximate surface area is 308 Å². The monoisotopic (exact) mass is 684 g/mol. The lowest BCUT2D eigenvalue weighted by Gasteiger charge is -2.16. The number of aliphatic imine (C=N–C) groups is 2. The molecule has 0 bridgehead atoms. The summed E-state index contributed by atoms with van der Waals surface area (Å²) in [6.07, 6.45) is 3.73. The van der Waals surface area contributed by atoms with Crippen molar-refractivity contribution in [1.29, 1.82) is 0 Å². The molecule has 0 spiro atoms. The van der Waals surface area contributed by atoms with E-state index in [9.17, 15) is 0 Å². The van der Waals surface area contributed by atoms with Crippen LogP contribution in [0, 0.1) is 0 Å². The summed E-state index contributed by atoms with van der Waals surface area (Å²) in [4.78, 5) is 29.8. The Balaban J connectivity index is 1.26. The topological polar surface area (TPSA) is 76.3 Å². The first-order valence-electron chi connectivity index (χ1n) is 18.3. The third-order valence-corrected chi connectivity index (χ3v) is 9.16. The van der Waals surface area contributed by atoms with Crippen LogP contribution in [0.4, 0.5) is 11.4 Å². The van der Waals surface area contributed by atoms with Gasteiger partial charge in [0.2, 0.25) is 0 Å². The summed E-state index contributed by atoms with van der Waals surface area (Å²) in [5.74, 6) is 1.48. The maximum Gasteiger partial charge on any atom is 0.0894 e. The molecule has 6 aromatic rings. The quantitative estimate of drug-likeness (QED) is 0.127.